The van der Waals surface area contributed by atoms with Gasteiger partial charge in [0.25, 0.3) is 0 Å². The number of aromatic nitrogens is 4. The van der Waals surface area contributed by atoms with Gasteiger partial charge in [0, 0.05) is 47.1 Å². The number of benzene rings is 1. The molecule has 2 atom stereocenters. The van der Waals surface area contributed by atoms with Crippen LogP contribution in [0, 0.1) is 0 Å². The highest BCUT2D eigenvalue weighted by Gasteiger charge is 2.37. The minimum Gasteiger partial charge on any atom is -0.435 e. The predicted octanol–water partition coefficient (Wildman–Crippen LogP) is 4.43. The first-order valence-corrected chi connectivity index (χ1v) is 11.8. The molecular formula is C26H25F2N5O2. The van der Waals surface area contributed by atoms with Crippen LogP contribution in [-0.2, 0) is 0 Å². The van der Waals surface area contributed by atoms with Crippen molar-refractivity contribution in [3.63, 3.8) is 0 Å². The fraction of sp³-hybridized carbons (Fsp3) is 0.346. The van der Waals surface area contributed by atoms with Gasteiger partial charge in [-0.3, -0.25) is 0 Å². The van der Waals surface area contributed by atoms with E-state index in [0.717, 1.165) is 48.6 Å². The Morgan fingerprint density at radius 1 is 1.03 bits per heavy atom. The predicted molar refractivity (Wildman–Crippen MR) is 126 cm³/mol. The topological polar surface area (TPSA) is 84.6 Å². The molecule has 0 spiro atoms. The number of halogens is 2. The van der Waals surface area contributed by atoms with Crippen LogP contribution in [0.3, 0.4) is 0 Å². The molecular weight excluding hydrogens is 452 g/mol. The van der Waals surface area contributed by atoms with E-state index in [2.05, 4.69) is 20.3 Å². The SMILES string of the molecule is OC1CC(c2ccccc2OC(F)F)c2c1nc1ccc(-c3cnc(C4CCNCC4)nc3)cn21. The van der Waals surface area contributed by atoms with E-state index in [0.29, 0.717) is 29.2 Å². The van der Waals surface area contributed by atoms with Crippen LogP contribution in [0.1, 0.15) is 60.0 Å². The zero-order valence-electron chi connectivity index (χ0n) is 18.9. The molecule has 180 valence electrons. The molecule has 0 radical (unpaired) electrons. The van der Waals surface area contributed by atoms with E-state index in [1.165, 1.54) is 6.07 Å². The quantitative estimate of drug-likeness (QED) is 0.443. The summed E-state index contributed by atoms with van der Waals surface area (Å²) in [6.45, 7) is -0.962. The number of alkyl halides is 2. The standard InChI is InChI=1S/C26H25F2N5O2/c27-26(28)35-21-4-2-1-3-18(21)19-11-20(34)23-24(19)33-14-16(5-6-22(33)32-23)17-12-30-25(31-13-17)15-7-9-29-10-8-15/h1-6,12-15,19-20,26,29,34H,7-11H2. The number of nitrogens with one attached hydrogen (secondary N) is 1. The zero-order valence-corrected chi connectivity index (χ0v) is 18.9. The maximum absolute atomic E-state index is 13.0. The minimum absolute atomic E-state index is 0.112. The van der Waals surface area contributed by atoms with Crippen molar-refractivity contribution >= 4 is 5.65 Å². The van der Waals surface area contributed by atoms with Crippen molar-refractivity contribution < 1.29 is 18.6 Å². The summed E-state index contributed by atoms with van der Waals surface area (Å²) >= 11 is 0. The first-order valence-electron chi connectivity index (χ1n) is 11.8. The number of fused-ring (bicyclic) bond motifs is 3. The molecule has 35 heavy (non-hydrogen) atoms. The van der Waals surface area contributed by atoms with Gasteiger partial charge in [-0.05, 0) is 50.6 Å². The number of imidazole rings is 1. The lowest BCUT2D eigenvalue weighted by atomic mass is 9.95. The van der Waals surface area contributed by atoms with E-state index in [1.807, 2.05) is 35.1 Å². The summed E-state index contributed by atoms with van der Waals surface area (Å²) in [5, 5.41) is 14.1. The van der Waals surface area contributed by atoms with Gasteiger partial charge < -0.3 is 19.6 Å². The van der Waals surface area contributed by atoms with Gasteiger partial charge in [-0.1, -0.05) is 18.2 Å². The Morgan fingerprint density at radius 3 is 2.57 bits per heavy atom. The first-order chi connectivity index (χ1) is 17.1. The van der Waals surface area contributed by atoms with E-state index in [1.54, 1.807) is 18.2 Å². The third-order valence-electron chi connectivity index (χ3n) is 7.01. The van der Waals surface area contributed by atoms with Crippen molar-refractivity contribution in [2.45, 2.75) is 43.8 Å². The highest BCUT2D eigenvalue weighted by atomic mass is 19.3. The van der Waals surface area contributed by atoms with Gasteiger partial charge in [0.1, 0.15) is 17.2 Å². The number of ether oxygens (including phenoxy) is 1. The fourth-order valence-corrected chi connectivity index (χ4v) is 5.31. The number of aliphatic hydroxyl groups is 1. The van der Waals surface area contributed by atoms with Crippen LogP contribution in [0.25, 0.3) is 16.8 Å². The highest BCUT2D eigenvalue weighted by Crippen LogP contribution is 2.47. The Kier molecular flexibility index (Phi) is 5.66. The maximum Gasteiger partial charge on any atom is 0.387 e. The van der Waals surface area contributed by atoms with Crippen LogP contribution >= 0.6 is 0 Å². The van der Waals surface area contributed by atoms with Gasteiger partial charge in [-0.2, -0.15) is 8.78 Å². The summed E-state index contributed by atoms with van der Waals surface area (Å²) in [5.41, 5.74) is 4.42. The third-order valence-corrected chi connectivity index (χ3v) is 7.01. The van der Waals surface area contributed by atoms with E-state index in [9.17, 15) is 13.9 Å². The Morgan fingerprint density at radius 2 is 1.80 bits per heavy atom. The number of aliphatic hydroxyl groups excluding tert-OH is 1. The van der Waals surface area contributed by atoms with Crippen molar-refractivity contribution in [3.05, 3.63) is 77.8 Å². The molecule has 1 aliphatic carbocycles. The Bertz CT molecular complexity index is 1350. The summed E-state index contributed by atoms with van der Waals surface area (Å²) in [6.07, 6.45) is 7.28. The normalized spacial score (nSPS) is 20.5. The fourth-order valence-electron chi connectivity index (χ4n) is 5.31. The van der Waals surface area contributed by atoms with E-state index < -0.39 is 12.7 Å². The minimum atomic E-state index is -2.93. The molecule has 3 aromatic heterocycles. The number of para-hydroxylation sites is 1. The number of hydrogen-bond donors (Lipinski definition) is 2. The highest BCUT2D eigenvalue weighted by molar-refractivity contribution is 5.64. The molecule has 1 aliphatic heterocycles. The van der Waals surface area contributed by atoms with Crippen molar-refractivity contribution in [1.82, 2.24) is 24.7 Å². The second-order valence-corrected chi connectivity index (χ2v) is 9.10. The maximum atomic E-state index is 13.0. The van der Waals surface area contributed by atoms with Gasteiger partial charge >= 0.3 is 6.61 Å². The lowest BCUT2D eigenvalue weighted by Crippen LogP contribution is -2.27. The summed E-state index contributed by atoms with van der Waals surface area (Å²) in [5.74, 6) is 1.03. The number of nitrogens with zero attached hydrogens (tertiary/aromatic N) is 4. The smallest absolute Gasteiger partial charge is 0.387 e. The van der Waals surface area contributed by atoms with Crippen molar-refractivity contribution in [2.75, 3.05) is 13.1 Å². The van der Waals surface area contributed by atoms with Crippen LogP contribution in [-0.4, -0.2) is 44.2 Å². The molecule has 0 bridgehead atoms. The van der Waals surface area contributed by atoms with Gasteiger partial charge in [0.15, 0.2) is 0 Å². The average Bonchev–Trinajstić information content (AvgIpc) is 3.42. The second-order valence-electron chi connectivity index (χ2n) is 9.10. The molecule has 2 N–H and O–H groups in total. The molecule has 4 heterocycles. The van der Waals surface area contributed by atoms with E-state index in [4.69, 9.17) is 4.74 Å². The molecule has 1 saturated heterocycles. The van der Waals surface area contributed by atoms with Crippen LogP contribution in [0.15, 0.2) is 55.0 Å². The van der Waals surface area contributed by atoms with Crippen LogP contribution in [0.5, 0.6) is 5.75 Å². The molecule has 9 heteroatoms. The lowest BCUT2D eigenvalue weighted by Gasteiger charge is -2.21. The molecule has 6 rings (SSSR count). The van der Waals surface area contributed by atoms with Crippen LogP contribution in [0.2, 0.25) is 0 Å². The molecule has 2 unspecified atom stereocenters. The molecule has 1 fully saturated rings. The monoisotopic (exact) mass is 477 g/mol. The van der Waals surface area contributed by atoms with Crippen molar-refractivity contribution in [1.29, 1.82) is 0 Å². The summed E-state index contributed by atoms with van der Waals surface area (Å²) in [4.78, 5) is 13.9. The number of pyridine rings is 1. The van der Waals surface area contributed by atoms with Gasteiger partial charge in [0.05, 0.1) is 17.5 Å². The molecule has 1 aromatic carbocycles. The Labute approximate surface area is 200 Å². The summed E-state index contributed by atoms with van der Waals surface area (Å²) in [7, 11) is 0. The van der Waals surface area contributed by atoms with Crippen molar-refractivity contribution in [2.24, 2.45) is 0 Å². The van der Waals surface area contributed by atoms with Crippen molar-refractivity contribution in [3.8, 4) is 16.9 Å². The number of rotatable bonds is 5. The Hall–Kier alpha value is -3.43. The lowest BCUT2D eigenvalue weighted by molar-refractivity contribution is -0.0505. The van der Waals surface area contributed by atoms with Crippen LogP contribution in [0.4, 0.5) is 8.78 Å². The molecule has 0 amide bonds. The first kappa shape index (κ1) is 22.1. The summed E-state index contributed by atoms with van der Waals surface area (Å²) < 4.78 is 32.8. The van der Waals surface area contributed by atoms with Crippen LogP contribution < -0.4 is 10.1 Å². The zero-order chi connectivity index (χ0) is 23.9. The average molecular weight is 478 g/mol. The van der Waals surface area contributed by atoms with E-state index >= 15 is 0 Å². The molecule has 4 aromatic rings. The molecule has 7 nitrogen and oxygen atoms in total. The second kappa shape index (κ2) is 8.98. The third kappa shape index (κ3) is 4.04. The number of piperidine rings is 1. The largest absolute Gasteiger partial charge is 0.435 e. The van der Waals surface area contributed by atoms with Gasteiger partial charge in [-0.15, -0.1) is 0 Å². The van der Waals surface area contributed by atoms with Gasteiger partial charge in [0.2, 0.25) is 0 Å². The number of hydrogen-bond acceptors (Lipinski definition) is 6. The summed E-state index contributed by atoms with van der Waals surface area (Å²) in [6, 6.07) is 10.6. The molecule has 0 saturated carbocycles. The Balaban J connectivity index is 1.38. The molecule has 2 aliphatic rings. The van der Waals surface area contributed by atoms with E-state index in [-0.39, 0.29) is 11.7 Å². The van der Waals surface area contributed by atoms with Gasteiger partial charge in [-0.25, -0.2) is 15.0 Å².